The molecule has 0 aliphatic carbocycles. The minimum atomic E-state index is -0.415. The number of halogens is 1. The molecule has 0 aromatic heterocycles. The number of nitrogens with one attached hydrogen (secondary N) is 1. The van der Waals surface area contributed by atoms with Gasteiger partial charge in [-0.25, -0.2) is 4.39 Å². The van der Waals surface area contributed by atoms with Crippen LogP contribution in [0.2, 0.25) is 0 Å². The van der Waals surface area contributed by atoms with Crippen molar-refractivity contribution in [3.63, 3.8) is 0 Å². The Bertz CT molecular complexity index is 510. The second-order valence-electron chi connectivity index (χ2n) is 5.16. The highest BCUT2D eigenvalue weighted by atomic mass is 19.1. The van der Waals surface area contributed by atoms with Crippen molar-refractivity contribution >= 4 is 5.91 Å². The zero-order valence-corrected chi connectivity index (χ0v) is 12.7. The number of nitrogens with zero attached hydrogens (tertiary/aromatic N) is 2. The standard InChI is InChI=1S/C15H22FN3O2/c1-4-18(2)7-8-19-14(20)10-17-15(19)11-5-6-13(21-3)12(16)9-11/h5-6,9,15,17H,4,7-8,10H2,1-3H3. The fraction of sp³-hybridized carbons (Fsp3) is 0.533. The van der Waals surface area contributed by atoms with E-state index in [2.05, 4.69) is 17.1 Å². The Kier molecular flexibility index (Phi) is 5.14. The predicted octanol–water partition coefficient (Wildman–Crippen LogP) is 1.22. The first kappa shape index (κ1) is 15.7. The van der Waals surface area contributed by atoms with Gasteiger partial charge in [-0.1, -0.05) is 13.0 Å². The Balaban J connectivity index is 2.13. The lowest BCUT2D eigenvalue weighted by Crippen LogP contribution is -2.37. The Hall–Kier alpha value is -1.66. The summed E-state index contributed by atoms with van der Waals surface area (Å²) in [5, 5.41) is 3.13. The van der Waals surface area contributed by atoms with Gasteiger partial charge in [0.25, 0.3) is 0 Å². The summed E-state index contributed by atoms with van der Waals surface area (Å²) >= 11 is 0. The number of methoxy groups -OCH3 is 1. The van der Waals surface area contributed by atoms with E-state index in [1.54, 1.807) is 17.0 Å². The summed E-state index contributed by atoms with van der Waals surface area (Å²) in [6, 6.07) is 4.80. The third-order valence-electron chi connectivity index (χ3n) is 3.83. The Morgan fingerprint density at radius 1 is 1.52 bits per heavy atom. The van der Waals surface area contributed by atoms with Crippen molar-refractivity contribution in [1.82, 2.24) is 15.1 Å². The molecular formula is C15H22FN3O2. The van der Waals surface area contributed by atoms with Crippen LogP contribution in [0, 0.1) is 5.82 Å². The molecule has 1 unspecified atom stereocenters. The highest BCUT2D eigenvalue weighted by Crippen LogP contribution is 2.26. The summed E-state index contributed by atoms with van der Waals surface area (Å²) in [7, 11) is 3.44. The molecule has 5 nitrogen and oxygen atoms in total. The van der Waals surface area contributed by atoms with Gasteiger partial charge in [0.1, 0.15) is 6.17 Å². The van der Waals surface area contributed by atoms with Gasteiger partial charge in [0.15, 0.2) is 11.6 Å². The summed E-state index contributed by atoms with van der Waals surface area (Å²) in [4.78, 5) is 15.9. The number of amides is 1. The van der Waals surface area contributed by atoms with Crippen LogP contribution in [0.25, 0.3) is 0 Å². The smallest absolute Gasteiger partial charge is 0.238 e. The molecule has 1 amide bonds. The van der Waals surface area contributed by atoms with E-state index in [1.807, 2.05) is 7.05 Å². The van der Waals surface area contributed by atoms with E-state index >= 15 is 0 Å². The van der Waals surface area contributed by atoms with E-state index in [9.17, 15) is 9.18 Å². The van der Waals surface area contributed by atoms with Crippen molar-refractivity contribution in [1.29, 1.82) is 0 Å². The molecule has 1 saturated heterocycles. The number of likely N-dealkylation sites (N-methyl/N-ethyl adjacent to an activating group) is 1. The molecule has 2 rings (SSSR count). The van der Waals surface area contributed by atoms with Gasteiger partial charge in [-0.3, -0.25) is 10.1 Å². The number of rotatable bonds is 6. The van der Waals surface area contributed by atoms with Crippen molar-refractivity contribution in [3.8, 4) is 5.75 Å². The van der Waals surface area contributed by atoms with Crippen molar-refractivity contribution in [2.75, 3.05) is 40.3 Å². The summed E-state index contributed by atoms with van der Waals surface area (Å²) in [5.41, 5.74) is 0.735. The molecular weight excluding hydrogens is 273 g/mol. The van der Waals surface area contributed by atoms with Crippen LogP contribution in [-0.2, 0) is 4.79 Å². The van der Waals surface area contributed by atoms with Crippen LogP contribution in [-0.4, -0.2) is 56.0 Å². The first-order valence-electron chi connectivity index (χ1n) is 7.11. The molecule has 1 aliphatic heterocycles. The number of carbonyl (C=O) groups is 1. The zero-order chi connectivity index (χ0) is 15.4. The van der Waals surface area contributed by atoms with Crippen molar-refractivity contribution in [2.24, 2.45) is 0 Å². The first-order chi connectivity index (χ1) is 10.1. The van der Waals surface area contributed by atoms with Gasteiger partial charge in [0.05, 0.1) is 13.7 Å². The molecule has 21 heavy (non-hydrogen) atoms. The quantitative estimate of drug-likeness (QED) is 0.857. The van der Waals surface area contributed by atoms with Gasteiger partial charge < -0.3 is 14.5 Å². The lowest BCUT2D eigenvalue weighted by Gasteiger charge is -2.27. The third-order valence-corrected chi connectivity index (χ3v) is 3.83. The molecule has 1 aromatic carbocycles. The highest BCUT2D eigenvalue weighted by Gasteiger charge is 2.31. The van der Waals surface area contributed by atoms with Crippen LogP contribution < -0.4 is 10.1 Å². The van der Waals surface area contributed by atoms with Crippen molar-refractivity contribution in [2.45, 2.75) is 13.1 Å². The topological polar surface area (TPSA) is 44.8 Å². The SMILES string of the molecule is CCN(C)CCN1C(=O)CNC1c1ccc(OC)c(F)c1. The lowest BCUT2D eigenvalue weighted by atomic mass is 10.1. The molecule has 1 aliphatic rings. The molecule has 1 N–H and O–H groups in total. The minimum absolute atomic E-state index is 0.0423. The predicted molar refractivity (Wildman–Crippen MR) is 78.6 cm³/mol. The average Bonchev–Trinajstić information content (AvgIpc) is 2.85. The Morgan fingerprint density at radius 2 is 2.29 bits per heavy atom. The number of benzene rings is 1. The molecule has 0 saturated carbocycles. The van der Waals surface area contributed by atoms with Crippen LogP contribution in [0.1, 0.15) is 18.7 Å². The summed E-state index contributed by atoms with van der Waals surface area (Å²) in [6.07, 6.45) is -0.275. The minimum Gasteiger partial charge on any atom is -0.494 e. The molecule has 6 heteroatoms. The van der Waals surface area contributed by atoms with Crippen LogP contribution >= 0.6 is 0 Å². The number of hydrogen-bond acceptors (Lipinski definition) is 4. The Morgan fingerprint density at radius 3 is 2.90 bits per heavy atom. The van der Waals surface area contributed by atoms with E-state index in [4.69, 9.17) is 4.74 Å². The highest BCUT2D eigenvalue weighted by molar-refractivity contribution is 5.81. The molecule has 1 heterocycles. The van der Waals surface area contributed by atoms with Crippen LogP contribution in [0.5, 0.6) is 5.75 Å². The normalized spacial score (nSPS) is 18.6. The van der Waals surface area contributed by atoms with Crippen LogP contribution in [0.4, 0.5) is 4.39 Å². The zero-order valence-electron chi connectivity index (χ0n) is 12.7. The van der Waals surface area contributed by atoms with E-state index in [0.717, 1.165) is 18.7 Å². The van der Waals surface area contributed by atoms with Gasteiger partial charge in [-0.15, -0.1) is 0 Å². The van der Waals surface area contributed by atoms with E-state index in [1.165, 1.54) is 13.2 Å². The molecule has 1 atom stereocenters. The van der Waals surface area contributed by atoms with Gasteiger partial charge in [-0.05, 0) is 31.3 Å². The number of carbonyl (C=O) groups excluding carboxylic acids is 1. The maximum atomic E-state index is 13.8. The fourth-order valence-corrected chi connectivity index (χ4v) is 2.38. The summed E-state index contributed by atoms with van der Waals surface area (Å²) in [6.45, 7) is 4.69. The second-order valence-corrected chi connectivity index (χ2v) is 5.16. The fourth-order valence-electron chi connectivity index (χ4n) is 2.38. The van der Waals surface area contributed by atoms with E-state index in [0.29, 0.717) is 6.54 Å². The first-order valence-corrected chi connectivity index (χ1v) is 7.11. The van der Waals surface area contributed by atoms with E-state index < -0.39 is 5.82 Å². The van der Waals surface area contributed by atoms with Gasteiger partial charge >= 0.3 is 0 Å². The molecule has 0 spiro atoms. The van der Waals surface area contributed by atoms with Gasteiger partial charge in [-0.2, -0.15) is 0 Å². The van der Waals surface area contributed by atoms with Gasteiger partial charge in [0.2, 0.25) is 5.91 Å². The molecule has 0 radical (unpaired) electrons. The second kappa shape index (κ2) is 6.87. The maximum absolute atomic E-state index is 13.8. The third kappa shape index (κ3) is 3.51. The van der Waals surface area contributed by atoms with Crippen molar-refractivity contribution < 1.29 is 13.9 Å². The summed E-state index contributed by atoms with van der Waals surface area (Å²) in [5.74, 6) is -0.164. The van der Waals surface area contributed by atoms with Crippen LogP contribution in [0.3, 0.4) is 0 Å². The monoisotopic (exact) mass is 295 g/mol. The molecule has 0 bridgehead atoms. The van der Waals surface area contributed by atoms with Crippen molar-refractivity contribution in [3.05, 3.63) is 29.6 Å². The molecule has 1 fully saturated rings. The largest absolute Gasteiger partial charge is 0.494 e. The molecule has 1 aromatic rings. The molecule has 116 valence electrons. The maximum Gasteiger partial charge on any atom is 0.238 e. The van der Waals surface area contributed by atoms with Crippen LogP contribution in [0.15, 0.2) is 18.2 Å². The van der Waals surface area contributed by atoms with E-state index in [-0.39, 0.29) is 24.4 Å². The van der Waals surface area contributed by atoms with Gasteiger partial charge in [0, 0.05) is 13.1 Å². The Labute approximate surface area is 124 Å². The summed E-state index contributed by atoms with van der Waals surface area (Å²) < 4.78 is 18.8. The average molecular weight is 295 g/mol. The number of hydrogen-bond donors (Lipinski definition) is 1. The number of ether oxygens (including phenoxy) is 1. The lowest BCUT2D eigenvalue weighted by molar-refractivity contribution is -0.128.